The molecule has 2 saturated heterocycles. The van der Waals surface area contributed by atoms with Gasteiger partial charge in [0.2, 0.25) is 6.04 Å². The maximum atomic E-state index is 11.1. The summed E-state index contributed by atoms with van der Waals surface area (Å²) in [5.74, 6) is 1.51. The van der Waals surface area contributed by atoms with E-state index < -0.39 is 0 Å². The predicted octanol–water partition coefficient (Wildman–Crippen LogP) is 2.81. The summed E-state index contributed by atoms with van der Waals surface area (Å²) >= 11 is 0. The highest BCUT2D eigenvalue weighted by Gasteiger charge is 2.48. The van der Waals surface area contributed by atoms with E-state index in [2.05, 4.69) is 5.01 Å². The van der Waals surface area contributed by atoms with Crippen LogP contribution >= 0.6 is 0 Å². The van der Waals surface area contributed by atoms with E-state index in [1.807, 2.05) is 0 Å². The minimum Gasteiger partial charge on any atom is -0.349 e. The lowest BCUT2D eigenvalue weighted by Gasteiger charge is -2.39. The van der Waals surface area contributed by atoms with Gasteiger partial charge in [0.15, 0.2) is 0 Å². The van der Waals surface area contributed by atoms with Gasteiger partial charge in [-0.3, -0.25) is 15.1 Å². The van der Waals surface area contributed by atoms with E-state index in [0.29, 0.717) is 43.4 Å². The van der Waals surface area contributed by atoms with Crippen LogP contribution in [0, 0.1) is 27.9 Å². The van der Waals surface area contributed by atoms with Gasteiger partial charge in [0.05, 0.1) is 12.2 Å². The normalized spacial score (nSPS) is 45.3. The molecule has 0 spiro atoms. The van der Waals surface area contributed by atoms with Crippen molar-refractivity contribution in [3.63, 3.8) is 0 Å². The van der Waals surface area contributed by atoms with Crippen LogP contribution in [0.3, 0.4) is 0 Å². The van der Waals surface area contributed by atoms with E-state index in [0.717, 1.165) is 32.2 Å². The van der Waals surface area contributed by atoms with Crippen molar-refractivity contribution < 1.29 is 14.4 Å². The average Bonchev–Trinajstić information content (AvgIpc) is 3.25. The van der Waals surface area contributed by atoms with Crippen LogP contribution in [0.25, 0.3) is 0 Å². The van der Waals surface area contributed by atoms with Crippen molar-refractivity contribution in [2.45, 2.75) is 82.1 Å². The van der Waals surface area contributed by atoms with Crippen molar-refractivity contribution in [3.8, 4) is 0 Å². The molecular weight excluding hydrogens is 334 g/mol. The number of nitro groups is 1. The molecule has 0 amide bonds. The fraction of sp³-hybridized carbons (Fsp3) is 0.947. The molecule has 2 saturated carbocycles. The molecule has 2 aliphatic carbocycles. The molecule has 3 heterocycles. The summed E-state index contributed by atoms with van der Waals surface area (Å²) < 4.78 is 11.7. The van der Waals surface area contributed by atoms with Gasteiger partial charge in [-0.1, -0.05) is 0 Å². The van der Waals surface area contributed by atoms with Crippen LogP contribution in [0.15, 0.2) is 5.10 Å². The van der Waals surface area contributed by atoms with Gasteiger partial charge >= 0.3 is 0 Å². The van der Waals surface area contributed by atoms with Crippen LogP contribution in [0.5, 0.6) is 0 Å². The minimum atomic E-state index is -0.352. The van der Waals surface area contributed by atoms with Crippen molar-refractivity contribution in [1.82, 2.24) is 5.01 Å². The second kappa shape index (κ2) is 6.75. The lowest BCUT2D eigenvalue weighted by molar-refractivity contribution is -0.526. The highest BCUT2D eigenvalue weighted by molar-refractivity contribution is 5.89. The maximum absolute atomic E-state index is 11.1. The van der Waals surface area contributed by atoms with E-state index in [4.69, 9.17) is 14.6 Å². The highest BCUT2D eigenvalue weighted by Crippen LogP contribution is 2.45. The molecule has 0 N–H and O–H groups in total. The summed E-state index contributed by atoms with van der Waals surface area (Å²) in [6.07, 6.45) is 9.50. The number of hydrogen-bond acceptors (Lipinski definition) is 6. The molecule has 0 aromatic rings. The van der Waals surface area contributed by atoms with Crippen LogP contribution in [0.4, 0.5) is 0 Å². The Labute approximate surface area is 154 Å². The van der Waals surface area contributed by atoms with E-state index in [-0.39, 0.29) is 23.2 Å². The Kier molecular flexibility index (Phi) is 4.39. The van der Waals surface area contributed by atoms with Crippen LogP contribution in [-0.4, -0.2) is 53.3 Å². The molecule has 5 atom stereocenters. The van der Waals surface area contributed by atoms with E-state index in [1.165, 1.54) is 25.0 Å². The summed E-state index contributed by atoms with van der Waals surface area (Å²) in [6, 6.07) is 0.226. The Morgan fingerprint density at radius 3 is 2.58 bits per heavy atom. The zero-order valence-electron chi connectivity index (χ0n) is 15.3. The largest absolute Gasteiger partial charge is 0.349 e. The zero-order valence-corrected chi connectivity index (χ0v) is 15.3. The van der Waals surface area contributed by atoms with Crippen molar-refractivity contribution in [2.24, 2.45) is 22.9 Å². The van der Waals surface area contributed by atoms with Gasteiger partial charge in [-0.25, -0.2) is 0 Å². The molecule has 0 aromatic carbocycles. The maximum Gasteiger partial charge on any atom is 0.213 e. The molecule has 0 bridgehead atoms. The lowest BCUT2D eigenvalue weighted by atomic mass is 9.67. The van der Waals surface area contributed by atoms with E-state index in [1.54, 1.807) is 0 Å². The average molecular weight is 363 g/mol. The molecule has 144 valence electrons. The first kappa shape index (κ1) is 16.9. The third kappa shape index (κ3) is 2.93. The summed E-state index contributed by atoms with van der Waals surface area (Å²) in [6.45, 7) is 1.50. The van der Waals surface area contributed by atoms with Crippen LogP contribution in [-0.2, 0) is 9.47 Å². The van der Waals surface area contributed by atoms with Crippen LogP contribution in [0.1, 0.15) is 57.8 Å². The summed E-state index contributed by atoms with van der Waals surface area (Å²) in [5, 5.41) is 18.7. The summed E-state index contributed by atoms with van der Waals surface area (Å²) in [5.41, 5.74) is 1.34. The Morgan fingerprint density at radius 2 is 1.81 bits per heavy atom. The Balaban J connectivity index is 1.40. The standard InChI is InChI=1S/C19H29N3O4/c23-22(24)14-5-3-12(4-6-14)19-16-10-18-17(25-11-26-18)9-13(16)8-15-2-1-7-21(15)20-19/h12-18H,1-11H2. The molecule has 7 nitrogen and oxygen atoms in total. The number of nitrogens with zero attached hydrogens (tertiary/aromatic N) is 3. The first-order valence-electron chi connectivity index (χ1n) is 10.4. The molecule has 26 heavy (non-hydrogen) atoms. The molecule has 0 aromatic heterocycles. The number of ether oxygens (including phenoxy) is 2. The molecule has 0 radical (unpaired) electrons. The topological polar surface area (TPSA) is 77.2 Å². The molecule has 5 unspecified atom stereocenters. The monoisotopic (exact) mass is 363 g/mol. The molecule has 5 aliphatic rings. The second-order valence-electron chi connectivity index (χ2n) is 8.88. The van der Waals surface area contributed by atoms with Crippen molar-refractivity contribution in [1.29, 1.82) is 0 Å². The predicted molar refractivity (Wildman–Crippen MR) is 95.3 cm³/mol. The SMILES string of the molecule is O=[N+]([O-])C1CCC(C2=NN3CCCC3CC3CC4OCOC4CC23)CC1. The molecule has 3 aliphatic heterocycles. The zero-order chi connectivity index (χ0) is 17.7. The van der Waals surface area contributed by atoms with Crippen molar-refractivity contribution >= 4 is 5.71 Å². The lowest BCUT2D eigenvalue weighted by Crippen LogP contribution is -2.43. The molecule has 4 fully saturated rings. The fourth-order valence-electron chi connectivity index (χ4n) is 6.13. The number of rotatable bonds is 2. The van der Waals surface area contributed by atoms with Gasteiger partial charge in [-0.2, -0.15) is 5.10 Å². The first-order chi connectivity index (χ1) is 12.7. The smallest absolute Gasteiger partial charge is 0.213 e. The first-order valence-corrected chi connectivity index (χ1v) is 10.4. The molecule has 5 rings (SSSR count). The highest BCUT2D eigenvalue weighted by atomic mass is 16.7. The number of hydrazone groups is 1. The van der Waals surface area contributed by atoms with Crippen LogP contribution in [0.2, 0.25) is 0 Å². The minimum absolute atomic E-state index is 0.0840. The Hall–Kier alpha value is -1.21. The van der Waals surface area contributed by atoms with Gasteiger partial charge in [0, 0.05) is 42.0 Å². The Morgan fingerprint density at radius 1 is 1.04 bits per heavy atom. The van der Waals surface area contributed by atoms with Gasteiger partial charge in [-0.15, -0.1) is 0 Å². The van der Waals surface area contributed by atoms with Gasteiger partial charge in [-0.05, 0) is 56.8 Å². The summed E-state index contributed by atoms with van der Waals surface area (Å²) in [7, 11) is 0. The van der Waals surface area contributed by atoms with Gasteiger partial charge < -0.3 is 9.47 Å². The van der Waals surface area contributed by atoms with E-state index >= 15 is 0 Å². The van der Waals surface area contributed by atoms with Crippen molar-refractivity contribution in [3.05, 3.63) is 10.1 Å². The Bertz CT molecular complexity index is 589. The second-order valence-corrected chi connectivity index (χ2v) is 8.88. The fourth-order valence-corrected chi connectivity index (χ4v) is 6.13. The number of hydrogen-bond donors (Lipinski definition) is 0. The van der Waals surface area contributed by atoms with Crippen LogP contribution < -0.4 is 0 Å². The molecule has 7 heteroatoms. The third-order valence-electron chi connectivity index (χ3n) is 7.53. The van der Waals surface area contributed by atoms with Crippen molar-refractivity contribution in [2.75, 3.05) is 13.3 Å². The quantitative estimate of drug-likeness (QED) is 0.557. The van der Waals surface area contributed by atoms with Gasteiger partial charge in [0.1, 0.15) is 6.79 Å². The third-order valence-corrected chi connectivity index (χ3v) is 7.53. The number of fused-ring (bicyclic) bond motifs is 3. The van der Waals surface area contributed by atoms with Gasteiger partial charge in [0.25, 0.3) is 0 Å². The van der Waals surface area contributed by atoms with E-state index in [9.17, 15) is 10.1 Å². The summed E-state index contributed by atoms with van der Waals surface area (Å²) in [4.78, 5) is 11.0. The molecular formula is C19H29N3O4.